The number of rotatable bonds is 5. The van der Waals surface area contributed by atoms with Gasteiger partial charge in [-0.15, -0.1) is 5.10 Å². The minimum atomic E-state index is -0.982. The van der Waals surface area contributed by atoms with Crippen LogP contribution in [0.4, 0.5) is 20.2 Å². The highest BCUT2D eigenvalue weighted by Gasteiger charge is 2.48. The summed E-state index contributed by atoms with van der Waals surface area (Å²) in [5, 5.41) is 7.25. The molecule has 1 fully saturated rings. The van der Waals surface area contributed by atoms with Gasteiger partial charge < -0.3 is 24.4 Å². The molecule has 0 radical (unpaired) electrons. The zero-order valence-corrected chi connectivity index (χ0v) is 24.6. The van der Waals surface area contributed by atoms with Crippen LogP contribution in [0.5, 0.6) is 0 Å². The third-order valence-corrected chi connectivity index (χ3v) is 7.11. The number of fused-ring (bicyclic) bond motifs is 1. The van der Waals surface area contributed by atoms with E-state index < -0.39 is 35.3 Å². The molecule has 0 saturated carbocycles. The molecule has 1 atom stereocenters. The minimum Gasteiger partial charge on any atom is -0.448 e. The molecule has 222 valence electrons. The van der Waals surface area contributed by atoms with Crippen molar-refractivity contribution in [2.24, 2.45) is 5.92 Å². The number of benzene rings is 1. The number of ether oxygens (including phenoxy) is 3. The molecule has 12 heteroatoms. The predicted molar refractivity (Wildman–Crippen MR) is 149 cm³/mol. The molecule has 12 nitrogen and oxygen atoms in total. The number of aromatic nitrogens is 2. The SMILES string of the molecule is CCOC(=O)n1nc(NC(=O)[C@@H]2CCCN(C(=O)OCc3ccccc3)C2)c2c1C(C)(C)N(C(=O)OC(C)(C)C)C2. The number of nitrogens with one attached hydrogen (secondary N) is 1. The summed E-state index contributed by atoms with van der Waals surface area (Å²) in [7, 11) is 0. The Morgan fingerprint density at radius 2 is 1.76 bits per heavy atom. The molecular formula is C29H39N5O7. The van der Waals surface area contributed by atoms with Crippen LogP contribution in [-0.2, 0) is 37.7 Å². The molecule has 0 aliphatic carbocycles. The highest BCUT2D eigenvalue weighted by molar-refractivity contribution is 5.93. The van der Waals surface area contributed by atoms with Gasteiger partial charge in [0.1, 0.15) is 12.2 Å². The highest BCUT2D eigenvalue weighted by atomic mass is 16.6. The zero-order valence-electron chi connectivity index (χ0n) is 24.6. The first-order valence-electron chi connectivity index (χ1n) is 13.9. The number of piperidine rings is 1. The topological polar surface area (TPSA) is 132 Å². The molecular weight excluding hydrogens is 530 g/mol. The van der Waals surface area contributed by atoms with Crippen molar-refractivity contribution >= 4 is 30.0 Å². The van der Waals surface area contributed by atoms with Crippen LogP contribution < -0.4 is 5.32 Å². The van der Waals surface area contributed by atoms with Crippen LogP contribution in [0.15, 0.2) is 30.3 Å². The Labute approximate surface area is 239 Å². The number of likely N-dealkylation sites (tertiary alicyclic amines) is 1. The van der Waals surface area contributed by atoms with E-state index in [1.165, 1.54) is 9.80 Å². The number of hydrogen-bond donors (Lipinski definition) is 1. The van der Waals surface area contributed by atoms with Gasteiger partial charge in [0, 0.05) is 18.7 Å². The molecule has 1 saturated heterocycles. The summed E-state index contributed by atoms with van der Waals surface area (Å²) in [4.78, 5) is 55.1. The summed E-state index contributed by atoms with van der Waals surface area (Å²) in [5.74, 6) is -0.677. The van der Waals surface area contributed by atoms with Gasteiger partial charge in [-0.2, -0.15) is 4.68 Å². The summed E-state index contributed by atoms with van der Waals surface area (Å²) in [6.45, 7) is 11.6. The number of carbonyl (C=O) groups excluding carboxylic acids is 4. The van der Waals surface area contributed by atoms with E-state index in [1.54, 1.807) is 41.5 Å². The van der Waals surface area contributed by atoms with Crippen molar-refractivity contribution in [1.29, 1.82) is 0 Å². The molecule has 0 unspecified atom stereocenters. The lowest BCUT2D eigenvalue weighted by atomic mass is 9.97. The maximum atomic E-state index is 13.4. The van der Waals surface area contributed by atoms with Crippen LogP contribution in [0.2, 0.25) is 0 Å². The molecule has 1 aromatic heterocycles. The van der Waals surface area contributed by atoms with Crippen LogP contribution >= 0.6 is 0 Å². The monoisotopic (exact) mass is 569 g/mol. The fourth-order valence-electron chi connectivity index (χ4n) is 5.13. The van der Waals surface area contributed by atoms with Crippen molar-refractivity contribution in [1.82, 2.24) is 19.6 Å². The van der Waals surface area contributed by atoms with Crippen LogP contribution in [0.1, 0.15) is 71.2 Å². The number of hydrogen-bond acceptors (Lipinski definition) is 8. The van der Waals surface area contributed by atoms with Crippen molar-refractivity contribution < 1.29 is 33.4 Å². The minimum absolute atomic E-state index is 0.0782. The van der Waals surface area contributed by atoms with Gasteiger partial charge in [-0.25, -0.2) is 14.4 Å². The predicted octanol–water partition coefficient (Wildman–Crippen LogP) is 4.86. The number of nitrogens with zero attached hydrogens (tertiary/aromatic N) is 4. The van der Waals surface area contributed by atoms with E-state index >= 15 is 0 Å². The summed E-state index contributed by atoms with van der Waals surface area (Å²) in [6, 6.07) is 9.38. The number of anilines is 1. The standard InChI is InChI=1S/C29H39N5O7/c1-7-39-27(38)34-22-21(17-33(29(22,5)6)26(37)41-28(2,3)4)23(31-34)30-24(35)20-14-11-15-32(16-20)25(36)40-18-19-12-9-8-10-13-19/h8-10,12-13,20H,7,11,14-18H2,1-6H3,(H,30,31,35)/t20-/m1/s1. The summed E-state index contributed by atoms with van der Waals surface area (Å²) in [5.41, 5.74) is 0.136. The second-order valence-corrected chi connectivity index (χ2v) is 11.7. The molecule has 3 heterocycles. The normalized spacial score (nSPS) is 18.0. The van der Waals surface area contributed by atoms with Gasteiger partial charge in [0.05, 0.1) is 30.3 Å². The molecule has 0 bridgehead atoms. The lowest BCUT2D eigenvalue weighted by Crippen LogP contribution is -2.45. The lowest BCUT2D eigenvalue weighted by molar-refractivity contribution is -0.121. The Hall–Kier alpha value is -4.09. The quantitative estimate of drug-likeness (QED) is 0.505. The lowest BCUT2D eigenvalue weighted by Gasteiger charge is -2.34. The van der Waals surface area contributed by atoms with E-state index in [1.807, 2.05) is 30.3 Å². The Bertz CT molecular complexity index is 1300. The molecule has 0 spiro atoms. The second-order valence-electron chi connectivity index (χ2n) is 11.7. The maximum absolute atomic E-state index is 13.4. The van der Waals surface area contributed by atoms with Crippen LogP contribution in [0.3, 0.4) is 0 Å². The van der Waals surface area contributed by atoms with Crippen molar-refractivity contribution in [3.63, 3.8) is 0 Å². The first-order valence-corrected chi connectivity index (χ1v) is 13.9. The van der Waals surface area contributed by atoms with Crippen molar-refractivity contribution in [3.05, 3.63) is 47.2 Å². The van der Waals surface area contributed by atoms with E-state index in [2.05, 4.69) is 10.4 Å². The van der Waals surface area contributed by atoms with Crippen molar-refractivity contribution in [3.8, 4) is 0 Å². The molecule has 2 aliphatic heterocycles. The van der Waals surface area contributed by atoms with E-state index in [9.17, 15) is 19.2 Å². The fourth-order valence-corrected chi connectivity index (χ4v) is 5.13. The largest absolute Gasteiger partial charge is 0.448 e. The number of amides is 3. The van der Waals surface area contributed by atoms with E-state index in [0.717, 1.165) is 10.2 Å². The molecule has 3 amide bonds. The summed E-state index contributed by atoms with van der Waals surface area (Å²) < 4.78 is 17.4. The number of carbonyl (C=O) groups is 4. The Kier molecular flexibility index (Phi) is 8.60. The Morgan fingerprint density at radius 3 is 2.41 bits per heavy atom. The van der Waals surface area contributed by atoms with Gasteiger partial charge >= 0.3 is 18.3 Å². The van der Waals surface area contributed by atoms with Crippen molar-refractivity contribution in [2.45, 2.75) is 78.7 Å². The van der Waals surface area contributed by atoms with Gasteiger partial charge in [0.25, 0.3) is 0 Å². The molecule has 1 aromatic carbocycles. The zero-order chi connectivity index (χ0) is 29.9. The fraction of sp³-hybridized carbons (Fsp3) is 0.552. The second kappa shape index (κ2) is 11.8. The van der Waals surface area contributed by atoms with Crippen LogP contribution in [0, 0.1) is 5.92 Å². The van der Waals surface area contributed by atoms with E-state index in [-0.39, 0.29) is 38.0 Å². The average molecular weight is 570 g/mol. The summed E-state index contributed by atoms with van der Waals surface area (Å²) >= 11 is 0. The summed E-state index contributed by atoms with van der Waals surface area (Å²) in [6.07, 6.45) is -0.539. The van der Waals surface area contributed by atoms with E-state index in [0.29, 0.717) is 30.6 Å². The smallest absolute Gasteiger partial charge is 0.435 e. The first-order chi connectivity index (χ1) is 19.3. The molecule has 4 rings (SSSR count). The van der Waals surface area contributed by atoms with Gasteiger partial charge in [0.15, 0.2) is 5.82 Å². The molecule has 1 N–H and O–H groups in total. The van der Waals surface area contributed by atoms with Gasteiger partial charge in [0.2, 0.25) is 5.91 Å². The molecule has 41 heavy (non-hydrogen) atoms. The average Bonchev–Trinajstić information content (AvgIpc) is 3.42. The Balaban J connectivity index is 1.51. The van der Waals surface area contributed by atoms with Gasteiger partial charge in [-0.1, -0.05) is 30.3 Å². The molecule has 2 aliphatic rings. The van der Waals surface area contributed by atoms with Crippen molar-refractivity contribution in [2.75, 3.05) is 25.0 Å². The third kappa shape index (κ3) is 6.63. The van der Waals surface area contributed by atoms with Crippen LogP contribution in [-0.4, -0.2) is 69.1 Å². The third-order valence-electron chi connectivity index (χ3n) is 7.11. The van der Waals surface area contributed by atoms with Gasteiger partial charge in [-0.3, -0.25) is 9.69 Å². The first kappa shape index (κ1) is 29.9. The Morgan fingerprint density at radius 1 is 1.05 bits per heavy atom. The van der Waals surface area contributed by atoms with E-state index in [4.69, 9.17) is 14.2 Å². The van der Waals surface area contributed by atoms with Crippen LogP contribution in [0.25, 0.3) is 0 Å². The van der Waals surface area contributed by atoms with Gasteiger partial charge in [-0.05, 0) is 59.9 Å². The maximum Gasteiger partial charge on any atom is 0.435 e. The highest BCUT2D eigenvalue weighted by Crippen LogP contribution is 2.43. The molecule has 2 aromatic rings.